The highest BCUT2D eigenvalue weighted by atomic mass is 16.6. The van der Waals surface area contributed by atoms with Gasteiger partial charge in [0.25, 0.3) is 0 Å². The van der Waals surface area contributed by atoms with Gasteiger partial charge in [-0.15, -0.1) is 0 Å². The Hall–Kier alpha value is -1.32. The Balaban J connectivity index is 1.52. The lowest BCUT2D eigenvalue weighted by molar-refractivity contribution is -0.215. The number of rotatable bonds is 3. The van der Waals surface area contributed by atoms with E-state index in [9.17, 15) is 9.59 Å². The molecule has 0 aromatic heterocycles. The number of carbonyl (C=O) groups is 2. The minimum absolute atomic E-state index is 0.132. The van der Waals surface area contributed by atoms with Crippen LogP contribution in [-0.4, -0.2) is 24.6 Å². The molecule has 0 heterocycles. The summed E-state index contributed by atoms with van der Waals surface area (Å²) < 4.78 is 11.6. The van der Waals surface area contributed by atoms with Crippen LogP contribution in [-0.2, 0) is 19.1 Å². The van der Waals surface area contributed by atoms with Gasteiger partial charge in [-0.2, -0.15) is 0 Å². The second kappa shape index (κ2) is 8.84. The third kappa shape index (κ3) is 4.04. The van der Waals surface area contributed by atoms with E-state index >= 15 is 0 Å². The molecular weight excluding hydrogens is 472 g/mol. The van der Waals surface area contributed by atoms with E-state index in [1.807, 2.05) is 0 Å². The minimum atomic E-state index is -0.362. The van der Waals surface area contributed by atoms with Crippen LogP contribution in [0.2, 0.25) is 0 Å². The molecule has 5 rings (SSSR count). The Morgan fingerprint density at radius 2 is 1.42 bits per heavy atom. The molecule has 4 nitrogen and oxygen atoms in total. The van der Waals surface area contributed by atoms with Crippen LogP contribution in [0, 0.1) is 50.2 Å². The average molecular weight is 527 g/mol. The first kappa shape index (κ1) is 28.2. The number of carbonyl (C=O) groups excluding carboxylic acids is 2. The molecule has 0 N–H and O–H groups in total. The first-order valence-corrected chi connectivity index (χ1v) is 15.5. The molecule has 0 aromatic rings. The number of allylic oxidation sites excluding steroid dienone is 2. The molecule has 5 aliphatic carbocycles. The van der Waals surface area contributed by atoms with Crippen molar-refractivity contribution in [1.82, 2.24) is 0 Å². The van der Waals surface area contributed by atoms with Crippen molar-refractivity contribution in [1.29, 1.82) is 0 Å². The highest BCUT2D eigenvalue weighted by Gasteiger charge is 2.68. The molecule has 214 valence electrons. The summed E-state index contributed by atoms with van der Waals surface area (Å²) in [5.41, 5.74) is 2.91. The highest BCUT2D eigenvalue weighted by molar-refractivity contribution is 5.66. The van der Waals surface area contributed by atoms with E-state index in [2.05, 4.69) is 54.5 Å². The molecule has 0 spiro atoms. The van der Waals surface area contributed by atoms with Gasteiger partial charge in [0.15, 0.2) is 0 Å². The second-order valence-corrected chi connectivity index (χ2v) is 16.3. The van der Waals surface area contributed by atoms with Crippen molar-refractivity contribution in [3.63, 3.8) is 0 Å². The molecule has 9 atom stereocenters. The third-order valence-electron chi connectivity index (χ3n) is 13.4. The Kier molecular flexibility index (Phi) is 6.56. The molecule has 0 saturated heterocycles. The number of hydrogen-bond donors (Lipinski definition) is 0. The molecule has 0 aromatic carbocycles. The van der Waals surface area contributed by atoms with E-state index in [1.165, 1.54) is 58.8 Å². The van der Waals surface area contributed by atoms with Crippen molar-refractivity contribution in [2.24, 2.45) is 50.2 Å². The van der Waals surface area contributed by atoms with Crippen LogP contribution in [0.1, 0.15) is 127 Å². The molecule has 0 radical (unpaired) electrons. The first-order valence-electron chi connectivity index (χ1n) is 15.5. The topological polar surface area (TPSA) is 52.6 Å². The molecule has 0 bridgehead atoms. The Labute approximate surface area is 232 Å². The van der Waals surface area contributed by atoms with Crippen LogP contribution in [0.4, 0.5) is 0 Å². The normalized spacial score (nSPS) is 49.3. The number of fused-ring (bicyclic) bond motifs is 7. The monoisotopic (exact) mass is 526 g/mol. The van der Waals surface area contributed by atoms with Gasteiger partial charge in [0.2, 0.25) is 0 Å². The number of esters is 2. The van der Waals surface area contributed by atoms with E-state index in [0.717, 1.165) is 25.2 Å². The number of ether oxygens (including phenoxy) is 2. The van der Waals surface area contributed by atoms with E-state index in [1.54, 1.807) is 5.57 Å². The van der Waals surface area contributed by atoms with Gasteiger partial charge in [0.05, 0.1) is 0 Å². The van der Waals surface area contributed by atoms with Crippen molar-refractivity contribution in [3.8, 4) is 0 Å². The van der Waals surface area contributed by atoms with Crippen LogP contribution in [0.5, 0.6) is 0 Å². The quantitative estimate of drug-likeness (QED) is 0.274. The summed E-state index contributed by atoms with van der Waals surface area (Å²) in [6.07, 6.45) is 14.6. The van der Waals surface area contributed by atoms with Gasteiger partial charge in [-0.05, 0) is 109 Å². The zero-order valence-electron chi connectivity index (χ0n) is 25.8. The minimum Gasteiger partial charge on any atom is -0.465 e. The van der Waals surface area contributed by atoms with Gasteiger partial charge >= 0.3 is 11.9 Å². The maximum atomic E-state index is 12.1. The fraction of sp³-hybridized carbons (Fsp3) is 0.882. The van der Waals surface area contributed by atoms with Crippen LogP contribution in [0.3, 0.4) is 0 Å². The van der Waals surface area contributed by atoms with Crippen LogP contribution in [0.25, 0.3) is 0 Å². The molecule has 4 fully saturated rings. The van der Waals surface area contributed by atoms with Crippen molar-refractivity contribution in [2.45, 2.75) is 133 Å². The summed E-state index contributed by atoms with van der Waals surface area (Å²) in [5, 5.41) is 0. The molecule has 38 heavy (non-hydrogen) atoms. The second-order valence-electron chi connectivity index (χ2n) is 16.3. The van der Waals surface area contributed by atoms with E-state index < -0.39 is 0 Å². The van der Waals surface area contributed by atoms with Crippen molar-refractivity contribution in [3.05, 3.63) is 11.6 Å². The standard InChI is InChI=1S/C34H54O4/c1-22(35)37-21-34(9)26-12-15-31(6)24-10-14-30(5)19-18-29(3,4)20-27(30)33(24,8)16-11-25(31)32(26,7)17-13-28(34)38-23(2)36/h10,25-28H,11-21H2,1-9H3/t25-,26+,27+,28-,30-,31-,32+,33+,34+/m0/s1. The summed E-state index contributed by atoms with van der Waals surface area (Å²) in [6, 6.07) is 0. The maximum absolute atomic E-state index is 12.1. The van der Waals surface area contributed by atoms with Gasteiger partial charge in [-0.25, -0.2) is 0 Å². The zero-order valence-corrected chi connectivity index (χ0v) is 25.8. The largest absolute Gasteiger partial charge is 0.465 e. The molecular formula is C34H54O4. The lowest BCUT2D eigenvalue weighted by Gasteiger charge is -2.70. The molecule has 0 unspecified atom stereocenters. The van der Waals surface area contributed by atoms with Crippen molar-refractivity contribution in [2.75, 3.05) is 6.61 Å². The van der Waals surface area contributed by atoms with Crippen LogP contribution >= 0.6 is 0 Å². The van der Waals surface area contributed by atoms with Crippen LogP contribution in [0.15, 0.2) is 11.6 Å². The summed E-state index contributed by atoms with van der Waals surface area (Å²) in [4.78, 5) is 24.0. The molecule has 0 aliphatic heterocycles. The van der Waals surface area contributed by atoms with Gasteiger partial charge < -0.3 is 9.47 Å². The molecule has 0 amide bonds. The summed E-state index contributed by atoms with van der Waals surface area (Å²) in [5.74, 6) is 1.24. The van der Waals surface area contributed by atoms with Crippen molar-refractivity contribution < 1.29 is 19.1 Å². The lowest BCUT2D eigenvalue weighted by atomic mass is 9.34. The Bertz CT molecular complexity index is 1030. The third-order valence-corrected chi connectivity index (χ3v) is 13.4. The molecule has 4 heteroatoms. The van der Waals surface area contributed by atoms with Gasteiger partial charge in [0, 0.05) is 19.3 Å². The zero-order chi connectivity index (χ0) is 27.9. The first-order chi connectivity index (χ1) is 17.5. The number of hydrogen-bond acceptors (Lipinski definition) is 4. The highest BCUT2D eigenvalue weighted by Crippen LogP contribution is 2.75. The van der Waals surface area contributed by atoms with E-state index in [4.69, 9.17) is 9.47 Å². The Morgan fingerprint density at radius 3 is 2.05 bits per heavy atom. The average Bonchev–Trinajstić information content (AvgIpc) is 2.80. The van der Waals surface area contributed by atoms with Crippen molar-refractivity contribution >= 4 is 11.9 Å². The smallest absolute Gasteiger partial charge is 0.302 e. The van der Waals surface area contributed by atoms with Gasteiger partial charge in [-0.3, -0.25) is 9.59 Å². The SMILES string of the molecule is CC(=O)OC[C@]1(C)[C@@H]2CC[C@@]3(C)C4=CC[C@@]5(C)CCC(C)(C)C[C@H]5[C@]4(C)CC[C@@H]3[C@@]2(C)CC[C@@H]1OC(C)=O. The van der Waals surface area contributed by atoms with Crippen LogP contribution < -0.4 is 0 Å². The predicted molar refractivity (Wildman–Crippen MR) is 151 cm³/mol. The lowest BCUT2D eigenvalue weighted by Crippen LogP contribution is -2.64. The van der Waals surface area contributed by atoms with E-state index in [0.29, 0.717) is 29.3 Å². The molecule has 4 saturated carbocycles. The fourth-order valence-corrected chi connectivity index (χ4v) is 11.5. The summed E-state index contributed by atoms with van der Waals surface area (Å²) >= 11 is 0. The Morgan fingerprint density at radius 1 is 0.789 bits per heavy atom. The maximum Gasteiger partial charge on any atom is 0.302 e. The van der Waals surface area contributed by atoms with Gasteiger partial charge in [-0.1, -0.05) is 60.1 Å². The van der Waals surface area contributed by atoms with E-state index in [-0.39, 0.29) is 39.7 Å². The predicted octanol–water partition coefficient (Wildman–Crippen LogP) is 8.28. The summed E-state index contributed by atoms with van der Waals surface area (Å²) in [6.45, 7) is 20.9. The van der Waals surface area contributed by atoms with Gasteiger partial charge in [0.1, 0.15) is 12.7 Å². The molecule has 5 aliphatic rings. The summed E-state index contributed by atoms with van der Waals surface area (Å²) in [7, 11) is 0. The fourth-order valence-electron chi connectivity index (χ4n) is 11.5.